The molecule has 1 aliphatic heterocycles. The zero-order valence-corrected chi connectivity index (χ0v) is 14.6. The van der Waals surface area contributed by atoms with E-state index in [4.69, 9.17) is 0 Å². The average Bonchev–Trinajstić information content (AvgIpc) is 2.56. The van der Waals surface area contributed by atoms with Gasteiger partial charge in [0.1, 0.15) is 5.82 Å². The SMILES string of the molecule is Cc1ccccc1S(=O)(=O)N1CCN(C)C(c2ccc(F)cc2)C1. The van der Waals surface area contributed by atoms with Gasteiger partial charge in [-0.1, -0.05) is 30.3 Å². The number of rotatable bonds is 3. The molecule has 1 unspecified atom stereocenters. The Morgan fingerprint density at radius 2 is 1.71 bits per heavy atom. The van der Waals surface area contributed by atoms with E-state index >= 15 is 0 Å². The summed E-state index contributed by atoms with van der Waals surface area (Å²) in [5.74, 6) is -0.290. The number of piperazine rings is 1. The van der Waals surface area contributed by atoms with Gasteiger partial charge in [0, 0.05) is 25.7 Å². The lowest BCUT2D eigenvalue weighted by Crippen LogP contribution is -2.48. The van der Waals surface area contributed by atoms with Gasteiger partial charge in [0.05, 0.1) is 4.90 Å². The molecule has 0 aliphatic carbocycles. The molecule has 1 heterocycles. The summed E-state index contributed by atoms with van der Waals surface area (Å²) < 4.78 is 40.7. The minimum absolute atomic E-state index is 0.0851. The van der Waals surface area contributed by atoms with E-state index in [2.05, 4.69) is 4.90 Å². The molecular weight excluding hydrogens is 327 g/mol. The Hall–Kier alpha value is -1.76. The summed E-state index contributed by atoms with van der Waals surface area (Å²) >= 11 is 0. The van der Waals surface area contributed by atoms with E-state index in [-0.39, 0.29) is 11.9 Å². The monoisotopic (exact) mass is 348 g/mol. The van der Waals surface area contributed by atoms with E-state index in [1.54, 1.807) is 37.3 Å². The molecule has 1 aliphatic rings. The quantitative estimate of drug-likeness (QED) is 0.856. The summed E-state index contributed by atoms with van der Waals surface area (Å²) in [7, 11) is -1.57. The van der Waals surface area contributed by atoms with Gasteiger partial charge in [-0.3, -0.25) is 4.90 Å². The molecule has 0 spiro atoms. The molecule has 0 amide bonds. The van der Waals surface area contributed by atoms with E-state index in [0.717, 1.165) is 11.1 Å². The van der Waals surface area contributed by atoms with Crippen LogP contribution < -0.4 is 0 Å². The summed E-state index contributed by atoms with van der Waals surface area (Å²) in [6.45, 7) is 3.25. The number of aryl methyl sites for hydroxylation is 1. The minimum Gasteiger partial charge on any atom is -0.297 e. The van der Waals surface area contributed by atoms with Crippen molar-refractivity contribution < 1.29 is 12.8 Å². The molecule has 24 heavy (non-hydrogen) atoms. The van der Waals surface area contributed by atoms with Crippen molar-refractivity contribution in [1.29, 1.82) is 0 Å². The summed E-state index contributed by atoms with van der Waals surface area (Å²) in [5, 5.41) is 0. The molecule has 3 rings (SSSR count). The summed E-state index contributed by atoms with van der Waals surface area (Å²) in [6, 6.07) is 13.2. The maximum Gasteiger partial charge on any atom is 0.243 e. The second kappa shape index (κ2) is 6.63. The van der Waals surface area contributed by atoms with Crippen LogP contribution in [0.3, 0.4) is 0 Å². The van der Waals surface area contributed by atoms with Crippen LogP contribution in [0, 0.1) is 12.7 Å². The highest BCUT2D eigenvalue weighted by molar-refractivity contribution is 7.89. The Balaban J connectivity index is 1.90. The number of likely N-dealkylation sites (N-methyl/N-ethyl adjacent to an activating group) is 1. The van der Waals surface area contributed by atoms with Crippen molar-refractivity contribution in [2.45, 2.75) is 17.9 Å². The Morgan fingerprint density at radius 1 is 1.04 bits per heavy atom. The molecule has 2 aromatic rings. The minimum atomic E-state index is -3.53. The van der Waals surface area contributed by atoms with Crippen molar-refractivity contribution in [3.05, 3.63) is 65.5 Å². The van der Waals surface area contributed by atoms with Crippen molar-refractivity contribution in [3.63, 3.8) is 0 Å². The first-order chi connectivity index (χ1) is 11.4. The Morgan fingerprint density at radius 3 is 2.38 bits per heavy atom. The van der Waals surface area contributed by atoms with Crippen LogP contribution in [0.2, 0.25) is 0 Å². The van der Waals surface area contributed by atoms with Crippen molar-refractivity contribution in [1.82, 2.24) is 9.21 Å². The fraction of sp³-hybridized carbons (Fsp3) is 0.333. The molecule has 0 saturated carbocycles. The highest BCUT2D eigenvalue weighted by Gasteiger charge is 2.34. The third-order valence-corrected chi connectivity index (χ3v) is 6.60. The lowest BCUT2D eigenvalue weighted by molar-refractivity contribution is 0.148. The molecule has 0 bridgehead atoms. The zero-order chi connectivity index (χ0) is 17.3. The molecule has 0 aromatic heterocycles. The third-order valence-electron chi connectivity index (χ3n) is 4.58. The van der Waals surface area contributed by atoms with Gasteiger partial charge in [-0.05, 0) is 43.3 Å². The largest absolute Gasteiger partial charge is 0.297 e. The van der Waals surface area contributed by atoms with Crippen LogP contribution in [-0.2, 0) is 10.0 Å². The van der Waals surface area contributed by atoms with Gasteiger partial charge in [-0.25, -0.2) is 12.8 Å². The van der Waals surface area contributed by atoms with Crippen molar-refractivity contribution in [3.8, 4) is 0 Å². The van der Waals surface area contributed by atoms with Crippen LogP contribution in [-0.4, -0.2) is 44.3 Å². The zero-order valence-electron chi connectivity index (χ0n) is 13.8. The second-order valence-corrected chi connectivity index (χ2v) is 8.08. The number of halogens is 1. The lowest BCUT2D eigenvalue weighted by atomic mass is 10.0. The highest BCUT2D eigenvalue weighted by atomic mass is 32.2. The molecule has 1 fully saturated rings. The Kier molecular flexibility index (Phi) is 4.71. The van der Waals surface area contributed by atoms with Crippen LogP contribution in [0.25, 0.3) is 0 Å². The predicted octanol–water partition coefficient (Wildman–Crippen LogP) is 2.81. The molecule has 6 heteroatoms. The first-order valence-electron chi connectivity index (χ1n) is 7.91. The molecular formula is C18H21FN2O2S. The summed E-state index contributed by atoms with van der Waals surface area (Å²) in [5.41, 5.74) is 1.67. The number of nitrogens with zero attached hydrogens (tertiary/aromatic N) is 2. The van der Waals surface area contributed by atoms with Gasteiger partial charge in [0.2, 0.25) is 10.0 Å². The molecule has 0 N–H and O–H groups in total. The van der Waals surface area contributed by atoms with Gasteiger partial charge in [0.15, 0.2) is 0 Å². The number of sulfonamides is 1. The first-order valence-corrected chi connectivity index (χ1v) is 9.35. The normalized spacial score (nSPS) is 20.2. The van der Waals surface area contributed by atoms with Crippen LogP contribution in [0.15, 0.2) is 53.4 Å². The molecule has 4 nitrogen and oxygen atoms in total. The van der Waals surface area contributed by atoms with E-state index < -0.39 is 10.0 Å². The summed E-state index contributed by atoms with van der Waals surface area (Å²) in [4.78, 5) is 2.46. The number of benzene rings is 2. The van der Waals surface area contributed by atoms with Crippen molar-refractivity contribution >= 4 is 10.0 Å². The second-order valence-electron chi connectivity index (χ2n) is 6.18. The smallest absolute Gasteiger partial charge is 0.243 e. The van der Waals surface area contributed by atoms with Gasteiger partial charge in [-0.15, -0.1) is 0 Å². The van der Waals surface area contributed by atoms with Gasteiger partial charge in [0.25, 0.3) is 0 Å². The summed E-state index contributed by atoms with van der Waals surface area (Å²) in [6.07, 6.45) is 0. The van der Waals surface area contributed by atoms with Crippen LogP contribution in [0.4, 0.5) is 4.39 Å². The van der Waals surface area contributed by atoms with Gasteiger partial charge >= 0.3 is 0 Å². The lowest BCUT2D eigenvalue weighted by Gasteiger charge is -2.39. The van der Waals surface area contributed by atoms with Crippen LogP contribution in [0.5, 0.6) is 0 Å². The van der Waals surface area contributed by atoms with Crippen molar-refractivity contribution in [2.24, 2.45) is 0 Å². The fourth-order valence-corrected chi connectivity index (χ4v) is 4.76. The predicted molar refractivity (Wildman–Crippen MR) is 91.7 cm³/mol. The van der Waals surface area contributed by atoms with Crippen molar-refractivity contribution in [2.75, 3.05) is 26.7 Å². The fourth-order valence-electron chi connectivity index (χ4n) is 3.10. The Bertz CT molecular complexity index is 821. The van der Waals surface area contributed by atoms with E-state index in [9.17, 15) is 12.8 Å². The van der Waals surface area contributed by atoms with Crippen LogP contribution >= 0.6 is 0 Å². The standard InChI is InChI=1S/C18H21FN2O2S/c1-14-5-3-4-6-18(14)24(22,23)21-12-11-20(2)17(13-21)15-7-9-16(19)10-8-15/h3-10,17H,11-13H2,1-2H3. The Labute approximate surface area is 142 Å². The van der Waals surface area contributed by atoms with E-state index in [0.29, 0.717) is 24.5 Å². The first kappa shape index (κ1) is 17.1. The topological polar surface area (TPSA) is 40.6 Å². The van der Waals surface area contributed by atoms with Crippen LogP contribution in [0.1, 0.15) is 17.2 Å². The molecule has 128 valence electrons. The maximum atomic E-state index is 13.2. The maximum absolute atomic E-state index is 13.2. The molecule has 2 aromatic carbocycles. The molecule has 1 saturated heterocycles. The third kappa shape index (κ3) is 3.22. The van der Waals surface area contributed by atoms with Gasteiger partial charge in [-0.2, -0.15) is 4.31 Å². The van der Waals surface area contributed by atoms with E-state index in [1.807, 2.05) is 13.1 Å². The van der Waals surface area contributed by atoms with Gasteiger partial charge < -0.3 is 0 Å². The molecule has 0 radical (unpaired) electrons. The number of hydrogen-bond acceptors (Lipinski definition) is 3. The number of hydrogen-bond donors (Lipinski definition) is 0. The van der Waals surface area contributed by atoms with E-state index in [1.165, 1.54) is 16.4 Å². The molecule has 1 atom stereocenters. The highest BCUT2D eigenvalue weighted by Crippen LogP contribution is 2.28. The average molecular weight is 348 g/mol.